The predicted octanol–water partition coefficient (Wildman–Crippen LogP) is 0.460. The van der Waals surface area contributed by atoms with E-state index in [1.165, 1.54) is 48.5 Å². The molecule has 0 fully saturated rings. The molecule has 2 aromatic carbocycles. The summed E-state index contributed by atoms with van der Waals surface area (Å²) in [5, 5.41) is 17.5. The van der Waals surface area contributed by atoms with Crippen LogP contribution in [0.1, 0.15) is 0 Å². The smallest absolute Gasteiger partial charge is 0.716 e. The molecule has 0 aliphatic rings. The first-order valence-corrected chi connectivity index (χ1v) is 8.50. The van der Waals surface area contributed by atoms with E-state index in [1.54, 1.807) is 0 Å². The summed E-state index contributed by atoms with van der Waals surface area (Å²) in [7, 11) is -9.44. The molecular weight excluding hydrogens is 434 g/mol. The third kappa shape index (κ3) is 11.3. The van der Waals surface area contributed by atoms with Gasteiger partial charge in [0.25, 0.3) is 20.8 Å². The monoisotopic (exact) mass is 442 g/mol. The maximum absolute atomic E-state index is 10.0. The van der Waals surface area contributed by atoms with Crippen LogP contribution in [0.2, 0.25) is 0 Å². The summed E-state index contributed by atoms with van der Waals surface area (Å²) < 4.78 is 68.2. The van der Waals surface area contributed by atoms with Gasteiger partial charge in [0.05, 0.1) is 0 Å². The molecule has 10 nitrogen and oxygen atoms in total. The molecule has 25 heavy (non-hydrogen) atoms. The third-order valence-corrected chi connectivity index (χ3v) is 2.86. The second-order valence-electron chi connectivity index (χ2n) is 3.97. The molecule has 0 aliphatic heterocycles. The van der Waals surface area contributed by atoms with Gasteiger partial charge in [0, 0.05) is 0 Å². The molecule has 0 radical (unpaired) electrons. The summed E-state index contributed by atoms with van der Waals surface area (Å²) in [4.78, 5) is 0. The summed E-state index contributed by atoms with van der Waals surface area (Å²) in [6, 6.07) is 9.52. The van der Waals surface area contributed by atoms with Crippen LogP contribution in [-0.4, -0.2) is 36.2 Å². The number of hydrogen-bond acceptors (Lipinski definition) is 10. The zero-order chi connectivity index (χ0) is 18.4. The normalized spacial score (nSPS) is 10.6. The zero-order valence-corrected chi connectivity index (χ0v) is 16.9. The van der Waals surface area contributed by atoms with E-state index in [0.29, 0.717) is 0 Å². The van der Waals surface area contributed by atoms with Gasteiger partial charge >= 0.3 is 19.5 Å². The summed E-state index contributed by atoms with van der Waals surface area (Å²) in [5.74, 6) is -0.318. The van der Waals surface area contributed by atoms with Gasteiger partial charge in [-0.15, -0.1) is 0 Å². The van der Waals surface area contributed by atoms with Gasteiger partial charge in [-0.3, -0.25) is 0 Å². The number of hydrogen-bond donors (Lipinski definition) is 2. The van der Waals surface area contributed by atoms with E-state index in [1.807, 2.05) is 0 Å². The van der Waals surface area contributed by atoms with Crippen molar-refractivity contribution in [2.75, 3.05) is 0 Å². The van der Waals surface area contributed by atoms with Crippen molar-refractivity contribution in [2.24, 2.45) is 0 Å². The maximum Gasteiger partial charge on any atom is 2.00 e. The average Bonchev–Trinajstić information content (AvgIpc) is 2.42. The Morgan fingerprint density at radius 1 is 0.640 bits per heavy atom. The molecule has 13 heteroatoms. The topological polar surface area (TPSA) is 173 Å². The van der Waals surface area contributed by atoms with Crippen LogP contribution in [0, 0.1) is 0 Å². The number of rotatable bonds is 4. The Morgan fingerprint density at radius 3 is 1.08 bits per heavy atom. The maximum atomic E-state index is 10.0. The Hall–Kier alpha value is -1.92. The minimum atomic E-state index is -4.72. The van der Waals surface area contributed by atoms with E-state index in [9.17, 15) is 25.9 Å². The molecule has 0 aliphatic carbocycles. The summed E-state index contributed by atoms with van der Waals surface area (Å²) in [6.45, 7) is 0. The quantitative estimate of drug-likeness (QED) is 0.383. The van der Waals surface area contributed by atoms with Crippen LogP contribution < -0.4 is 8.37 Å². The van der Waals surface area contributed by atoms with E-state index < -0.39 is 20.8 Å². The van der Waals surface area contributed by atoms with Crippen LogP contribution in [0.15, 0.2) is 48.5 Å². The van der Waals surface area contributed by atoms with Gasteiger partial charge in [0.1, 0.15) is 23.0 Å². The van der Waals surface area contributed by atoms with Gasteiger partial charge in [-0.05, 0) is 48.5 Å². The average molecular weight is 444 g/mol. The summed E-state index contributed by atoms with van der Waals surface area (Å²) in [6.07, 6.45) is 0. The number of phenolic OH excluding ortho intramolecular Hbond substituents is 2. The van der Waals surface area contributed by atoms with Crippen molar-refractivity contribution in [1.29, 1.82) is 0 Å². The number of aromatic hydroxyl groups is 2. The first kappa shape index (κ1) is 23.1. The minimum Gasteiger partial charge on any atom is -0.716 e. The Labute approximate surface area is 156 Å². The van der Waals surface area contributed by atoms with Crippen molar-refractivity contribution in [1.82, 2.24) is 0 Å². The first-order valence-electron chi connectivity index (χ1n) is 5.83. The summed E-state index contributed by atoms with van der Waals surface area (Å²) in [5.41, 5.74) is 0. The van der Waals surface area contributed by atoms with Crippen molar-refractivity contribution in [2.45, 2.75) is 0 Å². The standard InChI is InChI=1S/2C6H6O5S.Zn/c2*7-5-1-3-6(4-2-5)11-12(8,9)10;/h2*1-4,7H,(H,8,9,10);/q;;+2/p-2. The Kier molecular flexibility index (Phi) is 8.81. The number of benzene rings is 2. The van der Waals surface area contributed by atoms with Gasteiger partial charge in [-0.2, -0.15) is 0 Å². The van der Waals surface area contributed by atoms with Crippen molar-refractivity contribution in [3.05, 3.63) is 48.5 Å². The Balaban J connectivity index is 0.000000443. The van der Waals surface area contributed by atoms with Gasteiger partial charge in [0.2, 0.25) is 0 Å². The van der Waals surface area contributed by atoms with Crippen LogP contribution in [0.4, 0.5) is 0 Å². The zero-order valence-electron chi connectivity index (χ0n) is 12.3. The Morgan fingerprint density at radius 2 is 0.880 bits per heavy atom. The molecule has 2 aromatic rings. The first-order chi connectivity index (χ1) is 10.9. The molecule has 0 spiro atoms. The van der Waals surface area contributed by atoms with Gasteiger partial charge < -0.3 is 27.7 Å². The van der Waals surface area contributed by atoms with Gasteiger partial charge in [-0.25, -0.2) is 16.8 Å². The number of phenols is 2. The van der Waals surface area contributed by atoms with Crippen LogP contribution >= 0.6 is 0 Å². The SMILES string of the molecule is O=S(=O)([O-])Oc1ccc(O)cc1.O=S(=O)([O-])Oc1ccc(O)cc1.[Zn+2]. The fourth-order valence-electron chi connectivity index (χ4n) is 1.24. The van der Waals surface area contributed by atoms with Crippen molar-refractivity contribution in [3.8, 4) is 23.0 Å². The molecule has 0 heterocycles. The predicted molar refractivity (Wildman–Crippen MR) is 76.9 cm³/mol. The second kappa shape index (κ2) is 9.54. The van der Waals surface area contributed by atoms with Crippen molar-refractivity contribution in [3.63, 3.8) is 0 Å². The Bertz CT molecular complexity index is 786. The van der Waals surface area contributed by atoms with E-state index >= 15 is 0 Å². The molecule has 0 unspecified atom stereocenters. The fourth-order valence-corrected chi connectivity index (χ4v) is 1.93. The van der Waals surface area contributed by atoms with E-state index in [-0.39, 0.29) is 42.5 Å². The third-order valence-electron chi connectivity index (χ3n) is 2.07. The molecule has 0 saturated heterocycles. The molecular formula is C12H10O10S2Zn. The molecule has 0 saturated carbocycles. The van der Waals surface area contributed by atoms with Crippen LogP contribution in [0.25, 0.3) is 0 Å². The molecule has 0 atom stereocenters. The molecule has 2 N–H and O–H groups in total. The molecule has 2 rings (SSSR count). The van der Waals surface area contributed by atoms with Gasteiger partial charge in [0.15, 0.2) is 0 Å². The second-order valence-corrected chi connectivity index (χ2v) is 5.94. The van der Waals surface area contributed by atoms with Crippen molar-refractivity contribution < 1.29 is 64.0 Å². The van der Waals surface area contributed by atoms with E-state index in [4.69, 9.17) is 10.2 Å². The fraction of sp³-hybridized carbons (Fsp3) is 0. The van der Waals surface area contributed by atoms with Crippen LogP contribution in [0.5, 0.6) is 23.0 Å². The van der Waals surface area contributed by atoms with Crippen LogP contribution in [0.3, 0.4) is 0 Å². The minimum absolute atomic E-state index is 0. The van der Waals surface area contributed by atoms with E-state index in [0.717, 1.165) is 0 Å². The van der Waals surface area contributed by atoms with Gasteiger partial charge in [-0.1, -0.05) is 0 Å². The molecule has 132 valence electrons. The summed E-state index contributed by atoms with van der Waals surface area (Å²) >= 11 is 0. The van der Waals surface area contributed by atoms with E-state index in [2.05, 4.69) is 8.37 Å². The molecule has 0 aromatic heterocycles. The molecule has 0 bridgehead atoms. The molecule has 0 amide bonds. The van der Waals surface area contributed by atoms with Crippen molar-refractivity contribution >= 4 is 20.8 Å². The van der Waals surface area contributed by atoms with Crippen LogP contribution in [-0.2, 0) is 40.3 Å². The largest absolute Gasteiger partial charge is 2.00 e.